The lowest BCUT2D eigenvalue weighted by atomic mass is 9.95. The quantitative estimate of drug-likeness (QED) is 0.599. The summed E-state index contributed by atoms with van der Waals surface area (Å²) in [4.78, 5) is 12.6. The van der Waals surface area contributed by atoms with Crippen LogP contribution in [0.4, 0.5) is 0 Å². The van der Waals surface area contributed by atoms with E-state index in [1.165, 1.54) is 10.4 Å². The highest BCUT2D eigenvalue weighted by atomic mass is 32.2. The molecule has 162 valence electrons. The van der Waals surface area contributed by atoms with Gasteiger partial charge in [0.25, 0.3) is 0 Å². The van der Waals surface area contributed by atoms with Crippen molar-refractivity contribution in [1.29, 1.82) is 0 Å². The Balaban J connectivity index is 2.02. The van der Waals surface area contributed by atoms with E-state index in [0.29, 0.717) is 18.8 Å². The summed E-state index contributed by atoms with van der Waals surface area (Å²) in [5.74, 6) is 0.394. The van der Waals surface area contributed by atoms with Gasteiger partial charge in [0.15, 0.2) is 0 Å². The maximum Gasteiger partial charge on any atom is 0.244 e. The number of carbonyl (C=O) groups is 1. The molecule has 0 bridgehead atoms. The van der Waals surface area contributed by atoms with Gasteiger partial charge in [0.2, 0.25) is 15.9 Å². The zero-order valence-corrected chi connectivity index (χ0v) is 19.1. The van der Waals surface area contributed by atoms with Crippen LogP contribution in [0.3, 0.4) is 0 Å². The molecule has 0 aromatic heterocycles. The molecule has 0 saturated heterocycles. The molecule has 1 fully saturated rings. The smallest absolute Gasteiger partial charge is 0.244 e. The first kappa shape index (κ1) is 23.8. The fourth-order valence-corrected chi connectivity index (χ4v) is 6.54. The summed E-state index contributed by atoms with van der Waals surface area (Å²) in [6.45, 7) is 6.37. The molecule has 0 aliphatic heterocycles. The van der Waals surface area contributed by atoms with E-state index in [2.05, 4.69) is 5.32 Å². The van der Waals surface area contributed by atoms with Crippen LogP contribution in [0.15, 0.2) is 35.2 Å². The van der Waals surface area contributed by atoms with Crippen molar-refractivity contribution in [2.45, 2.75) is 62.6 Å². The second kappa shape index (κ2) is 11.0. The van der Waals surface area contributed by atoms with E-state index in [1.807, 2.05) is 20.8 Å². The van der Waals surface area contributed by atoms with Gasteiger partial charge in [0.1, 0.15) is 0 Å². The zero-order valence-electron chi connectivity index (χ0n) is 17.5. The third-order valence-electron chi connectivity index (χ3n) is 5.30. The van der Waals surface area contributed by atoms with Gasteiger partial charge in [0, 0.05) is 41.8 Å². The molecule has 1 aromatic rings. The first-order valence-corrected chi connectivity index (χ1v) is 13.1. The Labute approximate surface area is 177 Å². The third-order valence-corrected chi connectivity index (χ3v) is 9.18. The highest BCUT2D eigenvalue weighted by Crippen LogP contribution is 2.23. The fraction of sp³-hybridized carbons (Fsp3) is 0.571. The molecule has 1 N–H and O–H groups in total. The number of hydrogen-bond acceptors (Lipinski definition) is 4. The van der Waals surface area contributed by atoms with Crippen LogP contribution in [-0.2, 0) is 25.6 Å². The molecular formula is C21H32N2O4S2. The predicted octanol–water partition coefficient (Wildman–Crippen LogP) is 2.93. The molecule has 1 amide bonds. The summed E-state index contributed by atoms with van der Waals surface area (Å²) in [7, 11) is -4.40. The van der Waals surface area contributed by atoms with Crippen LogP contribution in [0.2, 0.25) is 0 Å². The molecule has 1 aliphatic rings. The largest absolute Gasteiger partial charge is 0.349 e. The van der Waals surface area contributed by atoms with Crippen LogP contribution in [0.25, 0.3) is 6.08 Å². The number of benzene rings is 1. The number of rotatable bonds is 9. The molecule has 2 rings (SSSR count). The summed E-state index contributed by atoms with van der Waals surface area (Å²) in [5.41, 5.74) is 0.746. The Bertz CT molecular complexity index is 831. The van der Waals surface area contributed by atoms with Crippen LogP contribution >= 0.6 is 0 Å². The molecule has 3 atom stereocenters. The summed E-state index contributed by atoms with van der Waals surface area (Å²) in [6, 6.07) is 6.45. The van der Waals surface area contributed by atoms with Crippen molar-refractivity contribution in [3.8, 4) is 0 Å². The van der Waals surface area contributed by atoms with Gasteiger partial charge in [-0.3, -0.25) is 9.00 Å². The maximum absolute atomic E-state index is 12.5. The summed E-state index contributed by atoms with van der Waals surface area (Å²) < 4.78 is 38.7. The molecule has 0 spiro atoms. The normalized spacial score (nSPS) is 21.4. The third kappa shape index (κ3) is 6.23. The zero-order chi connectivity index (χ0) is 21.4. The number of sulfonamides is 1. The first-order chi connectivity index (χ1) is 13.8. The van der Waals surface area contributed by atoms with E-state index in [-0.39, 0.29) is 22.1 Å². The van der Waals surface area contributed by atoms with E-state index in [0.717, 1.165) is 31.2 Å². The van der Waals surface area contributed by atoms with E-state index < -0.39 is 20.8 Å². The second-order valence-electron chi connectivity index (χ2n) is 7.10. The minimum Gasteiger partial charge on any atom is -0.349 e. The lowest BCUT2D eigenvalue weighted by Gasteiger charge is -2.31. The highest BCUT2D eigenvalue weighted by Gasteiger charge is 2.29. The van der Waals surface area contributed by atoms with Gasteiger partial charge in [0.05, 0.1) is 10.1 Å². The topological polar surface area (TPSA) is 83.6 Å². The highest BCUT2D eigenvalue weighted by molar-refractivity contribution is 7.89. The monoisotopic (exact) mass is 440 g/mol. The Morgan fingerprint density at radius 3 is 2.34 bits per heavy atom. The van der Waals surface area contributed by atoms with E-state index in [1.54, 1.807) is 30.3 Å². The van der Waals surface area contributed by atoms with Gasteiger partial charge in [-0.2, -0.15) is 4.31 Å². The van der Waals surface area contributed by atoms with Gasteiger partial charge >= 0.3 is 0 Å². The van der Waals surface area contributed by atoms with Crippen LogP contribution in [-0.4, -0.2) is 53.0 Å². The van der Waals surface area contributed by atoms with E-state index >= 15 is 0 Å². The number of amides is 1. The summed E-state index contributed by atoms with van der Waals surface area (Å²) in [6.07, 6.45) is 6.95. The Morgan fingerprint density at radius 2 is 1.76 bits per heavy atom. The molecule has 1 saturated carbocycles. The number of nitrogens with zero attached hydrogens (tertiary/aromatic N) is 1. The number of nitrogens with one attached hydrogen (secondary N) is 1. The molecule has 6 nitrogen and oxygen atoms in total. The summed E-state index contributed by atoms with van der Waals surface area (Å²) in [5, 5.41) is 3.02. The maximum atomic E-state index is 12.5. The van der Waals surface area contributed by atoms with E-state index in [4.69, 9.17) is 0 Å². The molecule has 1 aromatic carbocycles. The SMILES string of the molecule is CCN(CC)S(=O)(=O)c1ccc(/C=C/C(=O)NC2CCCCC2S(=O)CC)cc1. The van der Waals surface area contributed by atoms with Gasteiger partial charge in [-0.1, -0.05) is 45.7 Å². The van der Waals surface area contributed by atoms with Crippen LogP contribution in [0, 0.1) is 0 Å². The van der Waals surface area contributed by atoms with Gasteiger partial charge in [-0.05, 0) is 36.6 Å². The van der Waals surface area contributed by atoms with Crippen molar-refractivity contribution < 1.29 is 17.4 Å². The Morgan fingerprint density at radius 1 is 1.14 bits per heavy atom. The molecule has 1 aliphatic carbocycles. The predicted molar refractivity (Wildman–Crippen MR) is 118 cm³/mol. The van der Waals surface area contributed by atoms with Crippen LogP contribution < -0.4 is 5.32 Å². The van der Waals surface area contributed by atoms with Crippen molar-refractivity contribution in [2.24, 2.45) is 0 Å². The average Bonchev–Trinajstić information content (AvgIpc) is 2.73. The summed E-state index contributed by atoms with van der Waals surface area (Å²) >= 11 is 0. The molecule has 3 unspecified atom stereocenters. The molecule has 0 heterocycles. The molecular weight excluding hydrogens is 408 g/mol. The molecule has 8 heteroatoms. The Kier molecular flexibility index (Phi) is 9.04. The van der Waals surface area contributed by atoms with Crippen molar-refractivity contribution in [2.75, 3.05) is 18.8 Å². The van der Waals surface area contributed by atoms with Crippen LogP contribution in [0.1, 0.15) is 52.0 Å². The molecule has 29 heavy (non-hydrogen) atoms. The van der Waals surface area contributed by atoms with Crippen molar-refractivity contribution in [1.82, 2.24) is 9.62 Å². The number of carbonyl (C=O) groups excluding carboxylic acids is 1. The average molecular weight is 441 g/mol. The van der Waals surface area contributed by atoms with E-state index in [9.17, 15) is 17.4 Å². The Hall–Kier alpha value is -1.51. The minimum atomic E-state index is -3.48. The minimum absolute atomic E-state index is 0.0238. The van der Waals surface area contributed by atoms with Gasteiger partial charge in [-0.25, -0.2) is 8.42 Å². The first-order valence-electron chi connectivity index (χ1n) is 10.3. The van der Waals surface area contributed by atoms with Crippen LogP contribution in [0.5, 0.6) is 0 Å². The lowest BCUT2D eigenvalue weighted by molar-refractivity contribution is -0.117. The van der Waals surface area contributed by atoms with Gasteiger partial charge in [-0.15, -0.1) is 0 Å². The van der Waals surface area contributed by atoms with Crippen molar-refractivity contribution in [3.63, 3.8) is 0 Å². The van der Waals surface area contributed by atoms with Gasteiger partial charge < -0.3 is 5.32 Å². The lowest BCUT2D eigenvalue weighted by Crippen LogP contribution is -2.46. The van der Waals surface area contributed by atoms with Crippen molar-refractivity contribution in [3.05, 3.63) is 35.9 Å². The number of hydrogen-bond donors (Lipinski definition) is 1. The second-order valence-corrected chi connectivity index (χ2v) is 11.0. The van der Waals surface area contributed by atoms with Crippen molar-refractivity contribution >= 4 is 32.8 Å². The fourth-order valence-electron chi connectivity index (χ4n) is 3.66. The standard InChI is InChI=1S/C21H32N2O4S2/c1-4-23(5-2)29(26,27)18-14-11-17(12-15-18)13-16-21(24)22-19-9-7-8-10-20(19)28(25)6-3/h11-16,19-20H,4-10H2,1-3H3,(H,22,24)/b16-13+. The molecule has 0 radical (unpaired) electrons.